The van der Waals surface area contributed by atoms with Crippen LogP contribution in [0.4, 0.5) is 5.69 Å². The molecule has 7 nitrogen and oxygen atoms in total. The van der Waals surface area contributed by atoms with Gasteiger partial charge in [0.25, 0.3) is 0 Å². The van der Waals surface area contributed by atoms with Crippen LogP contribution in [0.3, 0.4) is 0 Å². The number of aliphatic imine (C=N–C) groups is 1. The molecule has 1 unspecified atom stereocenters. The number of hydrogen-bond donors (Lipinski definition) is 2. The summed E-state index contributed by atoms with van der Waals surface area (Å²) >= 11 is 0. The summed E-state index contributed by atoms with van der Waals surface area (Å²) in [5, 5.41) is 11.2. The highest BCUT2D eigenvalue weighted by atomic mass is 127. The minimum absolute atomic E-state index is 0. The van der Waals surface area contributed by atoms with E-state index < -0.39 is 0 Å². The van der Waals surface area contributed by atoms with Crippen LogP contribution < -0.4 is 15.5 Å². The lowest BCUT2D eigenvalue weighted by molar-refractivity contribution is 0.648. The van der Waals surface area contributed by atoms with Gasteiger partial charge in [-0.1, -0.05) is 42.5 Å². The van der Waals surface area contributed by atoms with Crippen LogP contribution in [0, 0.1) is 0 Å². The van der Waals surface area contributed by atoms with Crippen molar-refractivity contribution in [3.63, 3.8) is 0 Å². The Morgan fingerprint density at radius 2 is 1.97 bits per heavy atom. The van der Waals surface area contributed by atoms with Crippen molar-refractivity contribution in [3.05, 3.63) is 78.4 Å². The Balaban J connectivity index is 0.00000256. The number of para-hydroxylation sites is 1. The highest BCUT2D eigenvalue weighted by molar-refractivity contribution is 14.0. The van der Waals surface area contributed by atoms with Gasteiger partial charge in [0.05, 0.1) is 6.54 Å². The van der Waals surface area contributed by atoms with Crippen LogP contribution in [0.2, 0.25) is 0 Å². The van der Waals surface area contributed by atoms with Crippen molar-refractivity contribution < 1.29 is 0 Å². The van der Waals surface area contributed by atoms with Gasteiger partial charge in [-0.3, -0.25) is 4.99 Å². The Kier molecular flexibility index (Phi) is 8.06. The van der Waals surface area contributed by atoms with Crippen LogP contribution in [0.1, 0.15) is 17.5 Å². The topological polar surface area (TPSA) is 70.4 Å². The number of rotatable bonds is 6. The zero-order valence-electron chi connectivity index (χ0n) is 17.1. The summed E-state index contributed by atoms with van der Waals surface area (Å²) < 4.78 is 1.83. The first kappa shape index (κ1) is 22.1. The smallest absolute Gasteiger partial charge is 0.191 e. The van der Waals surface area contributed by atoms with Crippen molar-refractivity contribution in [2.24, 2.45) is 4.99 Å². The molecule has 0 spiro atoms. The lowest BCUT2D eigenvalue weighted by Crippen LogP contribution is -2.44. The molecule has 158 valence electrons. The molecule has 3 aromatic rings. The van der Waals surface area contributed by atoms with Crippen molar-refractivity contribution in [3.8, 4) is 0 Å². The van der Waals surface area contributed by atoms with Crippen LogP contribution in [0.25, 0.3) is 0 Å². The molecule has 0 aliphatic carbocycles. The summed E-state index contributed by atoms with van der Waals surface area (Å²) in [6.45, 7) is 3.49. The molecule has 1 saturated heterocycles. The Morgan fingerprint density at radius 1 is 1.13 bits per heavy atom. The zero-order valence-corrected chi connectivity index (χ0v) is 19.4. The third-order valence-corrected chi connectivity index (χ3v) is 5.14. The normalized spacial score (nSPS) is 16.2. The number of hydrogen-bond acceptors (Lipinski definition) is 4. The average Bonchev–Trinajstić information content (AvgIpc) is 3.44. The number of anilines is 1. The van der Waals surface area contributed by atoms with E-state index in [1.54, 1.807) is 12.7 Å². The third kappa shape index (κ3) is 5.94. The molecule has 8 heteroatoms. The Bertz CT molecular complexity index is 928. The fourth-order valence-electron chi connectivity index (χ4n) is 3.66. The van der Waals surface area contributed by atoms with Gasteiger partial charge in [-0.15, -0.1) is 24.0 Å². The van der Waals surface area contributed by atoms with Crippen molar-refractivity contribution in [2.75, 3.05) is 25.0 Å². The molecular formula is C22H28IN7. The number of nitrogens with one attached hydrogen (secondary N) is 2. The average molecular weight is 517 g/mol. The quantitative estimate of drug-likeness (QED) is 0.299. The maximum absolute atomic E-state index is 4.40. The van der Waals surface area contributed by atoms with E-state index >= 15 is 0 Å². The number of guanidine groups is 1. The molecule has 0 bridgehead atoms. The van der Waals surface area contributed by atoms with E-state index in [1.165, 1.54) is 16.8 Å². The molecule has 2 aromatic carbocycles. The third-order valence-electron chi connectivity index (χ3n) is 5.14. The second-order valence-electron chi connectivity index (χ2n) is 7.25. The molecule has 1 aliphatic heterocycles. The molecule has 1 aromatic heterocycles. The van der Waals surface area contributed by atoms with Crippen LogP contribution in [-0.4, -0.2) is 46.9 Å². The van der Waals surface area contributed by atoms with Gasteiger partial charge < -0.3 is 15.5 Å². The first-order valence-corrected chi connectivity index (χ1v) is 9.97. The van der Waals surface area contributed by atoms with Gasteiger partial charge in [0.1, 0.15) is 12.7 Å². The lowest BCUT2D eigenvalue weighted by Gasteiger charge is -2.20. The van der Waals surface area contributed by atoms with E-state index in [-0.39, 0.29) is 24.0 Å². The Hall–Kier alpha value is -2.62. The highest BCUT2D eigenvalue weighted by Crippen LogP contribution is 2.19. The van der Waals surface area contributed by atoms with Crippen LogP contribution in [0.5, 0.6) is 0 Å². The second kappa shape index (κ2) is 11.0. The molecule has 0 saturated carbocycles. The SMILES string of the molecule is CN=C(NCc1cccc(Cn2cncn2)c1)NC1CCN(c2ccccc2)C1.I. The number of halogens is 1. The Morgan fingerprint density at radius 3 is 2.73 bits per heavy atom. The highest BCUT2D eigenvalue weighted by Gasteiger charge is 2.23. The van der Waals surface area contributed by atoms with E-state index in [2.05, 4.69) is 85.2 Å². The molecule has 30 heavy (non-hydrogen) atoms. The monoisotopic (exact) mass is 517 g/mol. The standard InChI is InChI=1S/C22H27N7.HI/c1-23-22(27-20-10-11-28(15-20)21-8-3-2-4-9-21)25-13-18-6-5-7-19(12-18)14-29-17-24-16-26-29;/h2-9,12,16-17,20H,10-11,13-15H2,1H3,(H2,23,25,27);1H. The summed E-state index contributed by atoms with van der Waals surface area (Å²) in [5.74, 6) is 0.839. The molecular weight excluding hydrogens is 489 g/mol. The van der Waals surface area contributed by atoms with Crippen molar-refractivity contribution in [1.82, 2.24) is 25.4 Å². The molecule has 0 radical (unpaired) electrons. The molecule has 4 rings (SSSR count). The molecule has 2 N–H and O–H groups in total. The number of nitrogens with zero attached hydrogens (tertiary/aromatic N) is 5. The second-order valence-corrected chi connectivity index (χ2v) is 7.25. The van der Waals surface area contributed by atoms with Crippen molar-refractivity contribution in [1.29, 1.82) is 0 Å². The van der Waals surface area contributed by atoms with Crippen molar-refractivity contribution in [2.45, 2.75) is 25.6 Å². The molecule has 2 heterocycles. The van der Waals surface area contributed by atoms with Crippen molar-refractivity contribution >= 4 is 35.6 Å². The first-order chi connectivity index (χ1) is 14.3. The number of benzene rings is 2. The summed E-state index contributed by atoms with van der Waals surface area (Å²) in [5.41, 5.74) is 3.69. The number of aromatic nitrogens is 3. The zero-order chi connectivity index (χ0) is 19.9. The summed E-state index contributed by atoms with van der Waals surface area (Å²) in [7, 11) is 1.82. The van der Waals surface area contributed by atoms with Gasteiger partial charge in [-0.2, -0.15) is 5.10 Å². The van der Waals surface area contributed by atoms with Gasteiger partial charge in [0.2, 0.25) is 0 Å². The van der Waals surface area contributed by atoms with Gasteiger partial charge in [0, 0.05) is 38.4 Å². The summed E-state index contributed by atoms with van der Waals surface area (Å²) in [6, 6.07) is 19.5. The molecule has 1 atom stereocenters. The van der Waals surface area contributed by atoms with Gasteiger partial charge >= 0.3 is 0 Å². The minimum Gasteiger partial charge on any atom is -0.369 e. The maximum atomic E-state index is 4.40. The molecule has 1 fully saturated rings. The fourth-order valence-corrected chi connectivity index (χ4v) is 3.66. The van der Waals surface area contributed by atoms with Crippen LogP contribution in [0.15, 0.2) is 72.2 Å². The summed E-state index contributed by atoms with van der Waals surface area (Å²) in [4.78, 5) is 10.8. The maximum Gasteiger partial charge on any atom is 0.191 e. The van der Waals surface area contributed by atoms with E-state index in [9.17, 15) is 0 Å². The minimum atomic E-state index is 0. The van der Waals surface area contributed by atoms with Gasteiger partial charge in [-0.05, 0) is 29.7 Å². The first-order valence-electron chi connectivity index (χ1n) is 9.97. The van der Waals surface area contributed by atoms with Gasteiger partial charge in [0.15, 0.2) is 5.96 Å². The predicted molar refractivity (Wildman–Crippen MR) is 131 cm³/mol. The Labute approximate surface area is 194 Å². The predicted octanol–water partition coefficient (Wildman–Crippen LogP) is 2.89. The molecule has 0 amide bonds. The van der Waals surface area contributed by atoms with Crippen LogP contribution in [-0.2, 0) is 13.1 Å². The van der Waals surface area contributed by atoms with E-state index in [4.69, 9.17) is 0 Å². The largest absolute Gasteiger partial charge is 0.369 e. The fraction of sp³-hybridized carbons (Fsp3) is 0.318. The van der Waals surface area contributed by atoms with Crippen LogP contribution >= 0.6 is 24.0 Å². The van der Waals surface area contributed by atoms with E-state index in [1.807, 2.05) is 11.7 Å². The molecule has 1 aliphatic rings. The summed E-state index contributed by atoms with van der Waals surface area (Å²) in [6.07, 6.45) is 4.39. The van der Waals surface area contributed by atoms with Gasteiger partial charge in [-0.25, -0.2) is 9.67 Å². The lowest BCUT2D eigenvalue weighted by atomic mass is 10.1. The van der Waals surface area contributed by atoms with E-state index in [0.29, 0.717) is 6.04 Å². The van der Waals surface area contributed by atoms with E-state index in [0.717, 1.165) is 38.6 Å².